The summed E-state index contributed by atoms with van der Waals surface area (Å²) in [5.74, 6) is 1.90. The zero-order valence-electron chi connectivity index (χ0n) is 17.5. The van der Waals surface area contributed by atoms with Gasteiger partial charge in [-0.3, -0.25) is 0 Å². The number of hydrogen-bond acceptors (Lipinski definition) is 3. The van der Waals surface area contributed by atoms with E-state index in [1.807, 2.05) is 0 Å². The Labute approximate surface area is 161 Å². The fourth-order valence-electron chi connectivity index (χ4n) is 4.03. The van der Waals surface area contributed by atoms with Gasteiger partial charge in [-0.2, -0.15) is 0 Å². The molecule has 1 heterocycles. The fraction of sp³-hybridized carbons (Fsp3) is 0.739. The van der Waals surface area contributed by atoms with E-state index in [1.54, 1.807) is 0 Å². The van der Waals surface area contributed by atoms with Crippen LogP contribution in [-0.2, 0) is 0 Å². The van der Waals surface area contributed by atoms with Crippen LogP contribution in [0.25, 0.3) is 0 Å². The zero-order chi connectivity index (χ0) is 18.8. The number of piperidine rings is 1. The second kappa shape index (κ2) is 11.5. The molecule has 2 rings (SSSR count). The third kappa shape index (κ3) is 6.50. The van der Waals surface area contributed by atoms with E-state index in [2.05, 4.69) is 61.8 Å². The van der Waals surface area contributed by atoms with Gasteiger partial charge in [0.25, 0.3) is 0 Å². The summed E-state index contributed by atoms with van der Waals surface area (Å²) in [6.07, 6.45) is 7.56. The Hall–Kier alpha value is -1.22. The minimum Gasteiger partial charge on any atom is -0.494 e. The lowest BCUT2D eigenvalue weighted by Gasteiger charge is -2.37. The highest BCUT2D eigenvalue weighted by Gasteiger charge is 2.23. The maximum atomic E-state index is 5.99. The van der Waals surface area contributed by atoms with Crippen molar-refractivity contribution in [1.82, 2.24) is 4.90 Å². The average Bonchev–Trinajstić information content (AvgIpc) is 2.67. The third-order valence-electron chi connectivity index (χ3n) is 5.73. The number of anilines is 1. The highest BCUT2D eigenvalue weighted by atomic mass is 16.5. The molecule has 2 unspecified atom stereocenters. The number of benzene rings is 1. The predicted octanol–water partition coefficient (Wildman–Crippen LogP) is 5.59. The van der Waals surface area contributed by atoms with Gasteiger partial charge < -0.3 is 14.5 Å². The topological polar surface area (TPSA) is 15.7 Å². The van der Waals surface area contributed by atoms with Crippen LogP contribution in [0.15, 0.2) is 24.3 Å². The van der Waals surface area contributed by atoms with Crippen LogP contribution in [0.3, 0.4) is 0 Å². The van der Waals surface area contributed by atoms with E-state index in [0.29, 0.717) is 0 Å². The standard InChI is InChI=1S/C23H40N2O/c1-5-15-24(16-6-2)22-11-13-23(14-12-22)26-18-8-17-25-19-21(7-3)10-9-20(25)4/h11-14,20-21H,5-10,15-19H2,1-4H3. The summed E-state index contributed by atoms with van der Waals surface area (Å²) in [5.41, 5.74) is 1.31. The molecule has 1 aromatic carbocycles. The number of nitrogens with zero attached hydrogens (tertiary/aromatic N) is 2. The van der Waals surface area contributed by atoms with Crippen molar-refractivity contribution in [2.24, 2.45) is 5.92 Å². The molecule has 26 heavy (non-hydrogen) atoms. The molecule has 1 aliphatic heterocycles. The van der Waals surface area contributed by atoms with Crippen LogP contribution in [0.5, 0.6) is 5.75 Å². The first-order valence-corrected chi connectivity index (χ1v) is 10.9. The summed E-state index contributed by atoms with van der Waals surface area (Å²) in [4.78, 5) is 5.13. The molecule has 148 valence electrons. The molecular formula is C23H40N2O. The highest BCUT2D eigenvalue weighted by Crippen LogP contribution is 2.24. The summed E-state index contributed by atoms with van der Waals surface area (Å²) >= 11 is 0. The van der Waals surface area contributed by atoms with Crippen molar-refractivity contribution in [3.63, 3.8) is 0 Å². The largest absolute Gasteiger partial charge is 0.494 e. The highest BCUT2D eigenvalue weighted by molar-refractivity contribution is 5.49. The number of likely N-dealkylation sites (tertiary alicyclic amines) is 1. The van der Waals surface area contributed by atoms with Crippen molar-refractivity contribution < 1.29 is 4.74 Å². The molecular weight excluding hydrogens is 320 g/mol. The smallest absolute Gasteiger partial charge is 0.119 e. The number of rotatable bonds is 11. The molecule has 0 N–H and O–H groups in total. The lowest BCUT2D eigenvalue weighted by molar-refractivity contribution is 0.108. The fourth-order valence-corrected chi connectivity index (χ4v) is 4.03. The van der Waals surface area contributed by atoms with E-state index >= 15 is 0 Å². The van der Waals surface area contributed by atoms with Crippen LogP contribution in [0.4, 0.5) is 5.69 Å². The Bertz CT molecular complexity index is 481. The van der Waals surface area contributed by atoms with Crippen LogP contribution >= 0.6 is 0 Å². The van der Waals surface area contributed by atoms with E-state index in [-0.39, 0.29) is 0 Å². The first kappa shape index (κ1) is 21.1. The summed E-state index contributed by atoms with van der Waals surface area (Å²) in [5, 5.41) is 0. The minimum absolute atomic E-state index is 0.736. The molecule has 1 aliphatic rings. The van der Waals surface area contributed by atoms with Gasteiger partial charge in [0.2, 0.25) is 0 Å². The SMILES string of the molecule is CCCN(CCC)c1ccc(OCCCN2CC(CC)CCC2C)cc1. The van der Waals surface area contributed by atoms with Crippen LogP contribution in [0, 0.1) is 5.92 Å². The third-order valence-corrected chi connectivity index (χ3v) is 5.73. The molecule has 3 heteroatoms. The Morgan fingerprint density at radius 3 is 2.35 bits per heavy atom. The van der Waals surface area contributed by atoms with Gasteiger partial charge in [0.15, 0.2) is 0 Å². The molecule has 0 bridgehead atoms. The summed E-state index contributed by atoms with van der Waals surface area (Å²) in [7, 11) is 0. The van der Waals surface area contributed by atoms with E-state index < -0.39 is 0 Å². The maximum Gasteiger partial charge on any atom is 0.119 e. The van der Waals surface area contributed by atoms with Crippen LogP contribution < -0.4 is 9.64 Å². The van der Waals surface area contributed by atoms with E-state index in [4.69, 9.17) is 4.74 Å². The van der Waals surface area contributed by atoms with Crippen molar-refractivity contribution in [2.75, 3.05) is 37.7 Å². The second-order valence-corrected chi connectivity index (χ2v) is 7.88. The van der Waals surface area contributed by atoms with Crippen LogP contribution in [-0.4, -0.2) is 43.7 Å². The molecule has 0 aromatic heterocycles. The van der Waals surface area contributed by atoms with Gasteiger partial charge in [-0.25, -0.2) is 0 Å². The van der Waals surface area contributed by atoms with Gasteiger partial charge in [0.1, 0.15) is 5.75 Å². The van der Waals surface area contributed by atoms with Crippen molar-refractivity contribution >= 4 is 5.69 Å². The van der Waals surface area contributed by atoms with Gasteiger partial charge >= 0.3 is 0 Å². The summed E-state index contributed by atoms with van der Waals surface area (Å²) in [6.45, 7) is 14.7. The van der Waals surface area contributed by atoms with Crippen LogP contribution in [0.2, 0.25) is 0 Å². The normalized spacial score (nSPS) is 20.9. The number of hydrogen-bond donors (Lipinski definition) is 0. The molecule has 2 atom stereocenters. The van der Waals surface area contributed by atoms with E-state index in [0.717, 1.165) is 50.4 Å². The van der Waals surface area contributed by atoms with Gasteiger partial charge in [0.05, 0.1) is 6.61 Å². The summed E-state index contributed by atoms with van der Waals surface area (Å²) in [6, 6.07) is 9.41. The Balaban J connectivity index is 1.74. The molecule has 1 aromatic rings. The number of ether oxygens (including phenoxy) is 1. The zero-order valence-corrected chi connectivity index (χ0v) is 17.5. The lowest BCUT2D eigenvalue weighted by Crippen LogP contribution is -2.42. The minimum atomic E-state index is 0.736. The van der Waals surface area contributed by atoms with E-state index in [1.165, 1.54) is 44.3 Å². The van der Waals surface area contributed by atoms with Gasteiger partial charge in [0, 0.05) is 37.9 Å². The van der Waals surface area contributed by atoms with E-state index in [9.17, 15) is 0 Å². The predicted molar refractivity (Wildman–Crippen MR) is 113 cm³/mol. The first-order chi connectivity index (χ1) is 12.7. The van der Waals surface area contributed by atoms with Gasteiger partial charge in [-0.15, -0.1) is 0 Å². The molecule has 0 spiro atoms. The molecule has 0 aliphatic carbocycles. The average molecular weight is 361 g/mol. The second-order valence-electron chi connectivity index (χ2n) is 7.88. The van der Waals surface area contributed by atoms with Crippen molar-refractivity contribution in [3.8, 4) is 5.75 Å². The van der Waals surface area contributed by atoms with Crippen molar-refractivity contribution in [1.29, 1.82) is 0 Å². The molecule has 1 saturated heterocycles. The monoisotopic (exact) mass is 360 g/mol. The summed E-state index contributed by atoms with van der Waals surface area (Å²) < 4.78 is 5.99. The van der Waals surface area contributed by atoms with Gasteiger partial charge in [-0.1, -0.05) is 27.2 Å². The maximum absolute atomic E-state index is 5.99. The van der Waals surface area contributed by atoms with Crippen molar-refractivity contribution in [3.05, 3.63) is 24.3 Å². The molecule has 1 fully saturated rings. The molecule has 0 radical (unpaired) electrons. The Morgan fingerprint density at radius 1 is 1.04 bits per heavy atom. The molecule has 3 nitrogen and oxygen atoms in total. The molecule has 0 amide bonds. The quantitative estimate of drug-likeness (QED) is 0.478. The molecule has 0 saturated carbocycles. The Kier molecular flexibility index (Phi) is 9.31. The Morgan fingerprint density at radius 2 is 1.73 bits per heavy atom. The van der Waals surface area contributed by atoms with Gasteiger partial charge in [-0.05, 0) is 69.2 Å². The van der Waals surface area contributed by atoms with Crippen LogP contribution in [0.1, 0.15) is 66.2 Å². The van der Waals surface area contributed by atoms with Crippen molar-refractivity contribution in [2.45, 2.75) is 72.3 Å². The lowest BCUT2D eigenvalue weighted by atomic mass is 9.91. The first-order valence-electron chi connectivity index (χ1n) is 10.9.